The van der Waals surface area contributed by atoms with Crippen LogP contribution >= 0.6 is 0 Å². The highest BCUT2D eigenvalue weighted by atomic mass is 16.5. The van der Waals surface area contributed by atoms with Gasteiger partial charge in [0.2, 0.25) is 5.88 Å². The predicted molar refractivity (Wildman–Crippen MR) is 121 cm³/mol. The molecule has 8 heteroatoms. The van der Waals surface area contributed by atoms with E-state index in [1.54, 1.807) is 50.6 Å². The summed E-state index contributed by atoms with van der Waals surface area (Å²) in [6.07, 6.45) is 4.71. The van der Waals surface area contributed by atoms with Crippen molar-refractivity contribution in [1.29, 1.82) is 0 Å². The SMILES string of the molecule is CC(C)C(=O)C1=C(O)C(=O)N(c2ccc(-c3ccoc3)cc2)C1c1cccnc1OCCO. The number of aliphatic hydroxyl groups excluding tert-OH is 2. The van der Waals surface area contributed by atoms with E-state index in [1.807, 2.05) is 18.2 Å². The zero-order valence-electron chi connectivity index (χ0n) is 18.3. The summed E-state index contributed by atoms with van der Waals surface area (Å²) >= 11 is 0. The number of aromatic nitrogens is 1. The molecule has 33 heavy (non-hydrogen) atoms. The Morgan fingerprint density at radius 1 is 1.18 bits per heavy atom. The second-order valence-corrected chi connectivity index (χ2v) is 7.89. The third-order valence-corrected chi connectivity index (χ3v) is 5.42. The summed E-state index contributed by atoms with van der Waals surface area (Å²) in [6, 6.07) is 11.4. The second-order valence-electron chi connectivity index (χ2n) is 7.89. The fraction of sp³-hybridized carbons (Fsp3) is 0.240. The van der Waals surface area contributed by atoms with Crippen LogP contribution in [-0.4, -0.2) is 40.1 Å². The molecule has 0 spiro atoms. The van der Waals surface area contributed by atoms with Crippen molar-refractivity contribution in [3.05, 3.63) is 78.1 Å². The van der Waals surface area contributed by atoms with Gasteiger partial charge in [0.15, 0.2) is 11.5 Å². The number of carbonyl (C=O) groups excluding carboxylic acids is 2. The number of hydrogen-bond donors (Lipinski definition) is 2. The van der Waals surface area contributed by atoms with Gasteiger partial charge >= 0.3 is 0 Å². The summed E-state index contributed by atoms with van der Waals surface area (Å²) < 4.78 is 10.7. The largest absolute Gasteiger partial charge is 0.503 e. The number of benzene rings is 1. The van der Waals surface area contributed by atoms with Gasteiger partial charge in [-0.3, -0.25) is 14.5 Å². The van der Waals surface area contributed by atoms with E-state index in [4.69, 9.17) is 9.15 Å². The Morgan fingerprint density at radius 3 is 2.58 bits per heavy atom. The minimum absolute atomic E-state index is 0.00393. The molecule has 8 nitrogen and oxygen atoms in total. The molecule has 170 valence electrons. The molecule has 2 N–H and O–H groups in total. The third-order valence-electron chi connectivity index (χ3n) is 5.42. The molecule has 3 heterocycles. The Morgan fingerprint density at radius 2 is 1.94 bits per heavy atom. The van der Waals surface area contributed by atoms with Crippen LogP contribution in [0.2, 0.25) is 0 Å². The topological polar surface area (TPSA) is 113 Å². The number of amides is 1. The molecule has 1 aliphatic heterocycles. The molecule has 0 radical (unpaired) electrons. The van der Waals surface area contributed by atoms with Gasteiger partial charge in [0, 0.05) is 28.9 Å². The molecule has 1 atom stereocenters. The zero-order valence-corrected chi connectivity index (χ0v) is 18.3. The van der Waals surface area contributed by atoms with Gasteiger partial charge in [-0.15, -0.1) is 0 Å². The Balaban J connectivity index is 1.83. The molecule has 2 aromatic heterocycles. The Kier molecular flexibility index (Phi) is 6.28. The van der Waals surface area contributed by atoms with E-state index in [9.17, 15) is 19.8 Å². The Hall–Kier alpha value is -3.91. The van der Waals surface area contributed by atoms with Gasteiger partial charge in [-0.25, -0.2) is 4.98 Å². The first-order valence-corrected chi connectivity index (χ1v) is 10.6. The fourth-order valence-corrected chi connectivity index (χ4v) is 3.85. The average molecular weight is 448 g/mol. The lowest BCUT2D eigenvalue weighted by atomic mass is 9.91. The van der Waals surface area contributed by atoms with Crippen LogP contribution < -0.4 is 9.64 Å². The van der Waals surface area contributed by atoms with E-state index in [0.29, 0.717) is 11.3 Å². The van der Waals surface area contributed by atoms with Crippen molar-refractivity contribution in [3.63, 3.8) is 0 Å². The van der Waals surface area contributed by atoms with E-state index in [0.717, 1.165) is 11.1 Å². The van der Waals surface area contributed by atoms with Gasteiger partial charge in [0.05, 0.1) is 24.7 Å². The molecule has 0 aliphatic carbocycles. The van der Waals surface area contributed by atoms with Crippen molar-refractivity contribution in [1.82, 2.24) is 4.98 Å². The first-order valence-electron chi connectivity index (χ1n) is 10.6. The van der Waals surface area contributed by atoms with Gasteiger partial charge in [-0.1, -0.05) is 26.0 Å². The number of Topliss-reactive ketones (excluding diaryl/α,β-unsaturated/α-hetero) is 1. The lowest BCUT2D eigenvalue weighted by Gasteiger charge is -2.28. The second kappa shape index (κ2) is 9.30. The van der Waals surface area contributed by atoms with E-state index in [2.05, 4.69) is 4.98 Å². The Labute approximate surface area is 190 Å². The standard InChI is InChI=1S/C25H24N2O6/c1-15(2)22(29)20-21(19-4-3-10-26-24(19)33-13-11-28)27(25(31)23(20)30)18-7-5-16(6-8-18)17-9-12-32-14-17/h3-10,12,14-15,21,28,30H,11,13H2,1-2H3. The molecule has 0 bridgehead atoms. The fourth-order valence-electron chi connectivity index (χ4n) is 3.85. The monoisotopic (exact) mass is 448 g/mol. The van der Waals surface area contributed by atoms with Crippen LogP contribution in [0.1, 0.15) is 25.5 Å². The molecule has 1 unspecified atom stereocenters. The quantitative estimate of drug-likeness (QED) is 0.538. The average Bonchev–Trinajstić information content (AvgIpc) is 3.45. The summed E-state index contributed by atoms with van der Waals surface area (Å²) in [4.78, 5) is 31.9. The molecular weight excluding hydrogens is 424 g/mol. The molecule has 1 amide bonds. The summed E-state index contributed by atoms with van der Waals surface area (Å²) in [5.74, 6) is -1.89. The minimum atomic E-state index is -0.936. The van der Waals surface area contributed by atoms with E-state index >= 15 is 0 Å². The number of hydrogen-bond acceptors (Lipinski definition) is 7. The number of rotatable bonds is 8. The highest BCUT2D eigenvalue weighted by Gasteiger charge is 2.46. The molecule has 0 saturated heterocycles. The van der Waals surface area contributed by atoms with Crippen LogP contribution in [0.4, 0.5) is 5.69 Å². The van der Waals surface area contributed by atoms with E-state index in [1.165, 1.54) is 11.1 Å². The molecule has 1 aliphatic rings. The number of aliphatic hydroxyl groups is 2. The van der Waals surface area contributed by atoms with Gasteiger partial charge < -0.3 is 19.4 Å². The van der Waals surface area contributed by atoms with Crippen LogP contribution in [0.5, 0.6) is 5.88 Å². The van der Waals surface area contributed by atoms with E-state index < -0.39 is 23.6 Å². The molecule has 1 aromatic carbocycles. The highest BCUT2D eigenvalue weighted by Crippen LogP contribution is 2.44. The number of ether oxygens (including phenoxy) is 1. The first kappa shape index (κ1) is 22.3. The van der Waals surface area contributed by atoms with Crippen molar-refractivity contribution in [3.8, 4) is 17.0 Å². The van der Waals surface area contributed by atoms with Crippen LogP contribution in [-0.2, 0) is 9.59 Å². The molecule has 3 aromatic rings. The zero-order chi connectivity index (χ0) is 23.5. The van der Waals surface area contributed by atoms with Crippen LogP contribution in [0.25, 0.3) is 11.1 Å². The number of furan rings is 1. The number of carbonyl (C=O) groups is 2. The Bertz CT molecular complexity index is 1180. The number of anilines is 1. The van der Waals surface area contributed by atoms with Crippen LogP contribution in [0, 0.1) is 5.92 Å². The summed E-state index contributed by atoms with van der Waals surface area (Å²) in [7, 11) is 0. The van der Waals surface area contributed by atoms with Gasteiger partial charge in [0.25, 0.3) is 5.91 Å². The van der Waals surface area contributed by atoms with Crippen molar-refractivity contribution in [2.75, 3.05) is 18.1 Å². The van der Waals surface area contributed by atoms with Crippen LogP contribution in [0.15, 0.2) is 76.9 Å². The lowest BCUT2D eigenvalue weighted by Crippen LogP contribution is -2.32. The maximum absolute atomic E-state index is 13.2. The molecule has 0 fully saturated rings. The van der Waals surface area contributed by atoms with Crippen LogP contribution in [0.3, 0.4) is 0 Å². The molecular formula is C25H24N2O6. The van der Waals surface area contributed by atoms with Crippen molar-refractivity contribution in [2.24, 2.45) is 5.92 Å². The number of ketones is 1. The minimum Gasteiger partial charge on any atom is -0.503 e. The molecule has 0 saturated carbocycles. The third kappa shape index (κ3) is 4.12. The van der Waals surface area contributed by atoms with Gasteiger partial charge in [-0.05, 0) is 35.9 Å². The maximum atomic E-state index is 13.2. The van der Waals surface area contributed by atoms with Crippen molar-refractivity contribution >= 4 is 17.4 Å². The van der Waals surface area contributed by atoms with E-state index in [-0.39, 0.29) is 30.5 Å². The first-order chi connectivity index (χ1) is 15.9. The maximum Gasteiger partial charge on any atom is 0.294 e. The van der Waals surface area contributed by atoms with Gasteiger partial charge in [0.1, 0.15) is 12.6 Å². The molecule has 4 rings (SSSR count). The predicted octanol–water partition coefficient (Wildman–Crippen LogP) is 3.84. The highest BCUT2D eigenvalue weighted by molar-refractivity contribution is 6.17. The summed E-state index contributed by atoms with van der Waals surface area (Å²) in [5.41, 5.74) is 2.70. The van der Waals surface area contributed by atoms with Crippen molar-refractivity contribution in [2.45, 2.75) is 19.9 Å². The van der Waals surface area contributed by atoms with Crippen molar-refractivity contribution < 1.29 is 29.0 Å². The number of pyridine rings is 1. The normalized spacial score (nSPS) is 16.1. The van der Waals surface area contributed by atoms with Gasteiger partial charge in [-0.2, -0.15) is 0 Å². The summed E-state index contributed by atoms with van der Waals surface area (Å²) in [5, 5.41) is 20.0. The lowest BCUT2D eigenvalue weighted by molar-refractivity contribution is -0.119. The summed E-state index contributed by atoms with van der Waals surface area (Å²) in [6.45, 7) is 3.18. The smallest absolute Gasteiger partial charge is 0.294 e. The number of nitrogens with zero attached hydrogens (tertiary/aromatic N) is 2.